The minimum absolute atomic E-state index is 0.859. The van der Waals surface area contributed by atoms with Gasteiger partial charge in [-0.25, -0.2) is 0 Å². The quantitative estimate of drug-likeness (QED) is 0.824. The summed E-state index contributed by atoms with van der Waals surface area (Å²) >= 11 is 0. The third-order valence-electron chi connectivity index (χ3n) is 2.42. The number of aryl methyl sites for hydroxylation is 1. The Bertz CT molecular complexity index is 428. The van der Waals surface area contributed by atoms with Gasteiger partial charge in [0.05, 0.1) is 0 Å². The van der Waals surface area contributed by atoms with E-state index in [1.165, 1.54) is 5.56 Å². The van der Waals surface area contributed by atoms with Crippen LogP contribution in [0.4, 0.5) is 5.69 Å². The van der Waals surface area contributed by atoms with Crippen LogP contribution in [0.25, 0.3) is 0 Å². The zero-order valence-electron chi connectivity index (χ0n) is 9.08. The van der Waals surface area contributed by atoms with E-state index >= 15 is 0 Å². The number of hydrogen-bond acceptors (Lipinski definition) is 2. The van der Waals surface area contributed by atoms with Gasteiger partial charge in [-0.1, -0.05) is 12.1 Å². The van der Waals surface area contributed by atoms with Gasteiger partial charge in [-0.05, 0) is 36.8 Å². The molecule has 2 nitrogen and oxygen atoms in total. The fourth-order valence-corrected chi connectivity index (χ4v) is 1.57. The van der Waals surface area contributed by atoms with Crippen molar-refractivity contribution in [2.45, 2.75) is 13.3 Å². The fourth-order valence-electron chi connectivity index (χ4n) is 1.57. The molecule has 0 spiro atoms. The van der Waals surface area contributed by atoms with Crippen LogP contribution < -0.4 is 5.32 Å². The lowest BCUT2D eigenvalue weighted by molar-refractivity contribution is 0.493. The molecule has 0 saturated carbocycles. The standard InChI is InChI=1S/C13H15NO/c1-10-3-8-13(15-10)9-11-4-6-12(14-2)7-5-11/h3-8,14H,9H2,1-2H3. The molecule has 0 aliphatic rings. The van der Waals surface area contributed by atoms with E-state index in [4.69, 9.17) is 4.42 Å². The Labute approximate surface area is 89.9 Å². The van der Waals surface area contributed by atoms with Gasteiger partial charge in [0, 0.05) is 19.2 Å². The van der Waals surface area contributed by atoms with Crippen LogP contribution in [0.15, 0.2) is 40.8 Å². The van der Waals surface area contributed by atoms with E-state index in [9.17, 15) is 0 Å². The summed E-state index contributed by atoms with van der Waals surface area (Å²) in [5.41, 5.74) is 2.40. The molecule has 78 valence electrons. The van der Waals surface area contributed by atoms with Crippen LogP contribution in [-0.2, 0) is 6.42 Å². The molecule has 0 unspecified atom stereocenters. The third-order valence-corrected chi connectivity index (χ3v) is 2.42. The summed E-state index contributed by atoms with van der Waals surface area (Å²) in [4.78, 5) is 0. The van der Waals surface area contributed by atoms with Crippen LogP contribution in [0.5, 0.6) is 0 Å². The molecule has 0 bridgehead atoms. The number of nitrogens with one attached hydrogen (secondary N) is 1. The summed E-state index contributed by atoms with van der Waals surface area (Å²) in [6.45, 7) is 1.97. The van der Waals surface area contributed by atoms with Crippen molar-refractivity contribution in [1.82, 2.24) is 0 Å². The van der Waals surface area contributed by atoms with Gasteiger partial charge in [0.15, 0.2) is 0 Å². The van der Waals surface area contributed by atoms with E-state index in [2.05, 4.69) is 29.6 Å². The van der Waals surface area contributed by atoms with Crippen LogP contribution in [0.1, 0.15) is 17.1 Å². The highest BCUT2D eigenvalue weighted by atomic mass is 16.3. The van der Waals surface area contributed by atoms with E-state index in [1.54, 1.807) is 0 Å². The number of rotatable bonds is 3. The molecule has 1 aromatic heterocycles. The molecular formula is C13H15NO. The predicted octanol–water partition coefficient (Wildman–Crippen LogP) is 3.22. The fraction of sp³-hybridized carbons (Fsp3) is 0.231. The largest absolute Gasteiger partial charge is 0.466 e. The van der Waals surface area contributed by atoms with Crippen molar-refractivity contribution in [2.24, 2.45) is 0 Å². The maximum Gasteiger partial charge on any atom is 0.108 e. The molecule has 15 heavy (non-hydrogen) atoms. The topological polar surface area (TPSA) is 25.2 Å². The van der Waals surface area contributed by atoms with Gasteiger partial charge in [0.2, 0.25) is 0 Å². The van der Waals surface area contributed by atoms with Crippen molar-refractivity contribution in [2.75, 3.05) is 12.4 Å². The van der Waals surface area contributed by atoms with Crippen molar-refractivity contribution in [1.29, 1.82) is 0 Å². The molecule has 1 aromatic carbocycles. The van der Waals surface area contributed by atoms with Crippen LogP contribution in [0, 0.1) is 6.92 Å². The van der Waals surface area contributed by atoms with Gasteiger partial charge in [-0.2, -0.15) is 0 Å². The summed E-state index contributed by atoms with van der Waals surface area (Å²) in [7, 11) is 1.92. The van der Waals surface area contributed by atoms with Crippen molar-refractivity contribution in [3.63, 3.8) is 0 Å². The molecule has 2 aromatic rings. The van der Waals surface area contributed by atoms with E-state index in [0.717, 1.165) is 23.6 Å². The van der Waals surface area contributed by atoms with E-state index in [1.807, 2.05) is 26.1 Å². The second kappa shape index (κ2) is 4.22. The SMILES string of the molecule is CNc1ccc(Cc2ccc(C)o2)cc1. The molecule has 0 aliphatic carbocycles. The molecule has 0 fully saturated rings. The van der Waals surface area contributed by atoms with Crippen LogP contribution in [0.3, 0.4) is 0 Å². The highest BCUT2D eigenvalue weighted by Gasteiger charge is 2.00. The Kier molecular flexibility index (Phi) is 2.77. The van der Waals surface area contributed by atoms with Gasteiger partial charge in [0.25, 0.3) is 0 Å². The van der Waals surface area contributed by atoms with Gasteiger partial charge < -0.3 is 9.73 Å². The molecule has 0 radical (unpaired) electrons. The molecule has 1 heterocycles. The first-order chi connectivity index (χ1) is 7.28. The second-order valence-electron chi connectivity index (χ2n) is 3.64. The Morgan fingerprint density at radius 3 is 2.33 bits per heavy atom. The molecule has 0 aliphatic heterocycles. The van der Waals surface area contributed by atoms with Gasteiger partial charge in [-0.15, -0.1) is 0 Å². The van der Waals surface area contributed by atoms with E-state index in [0.29, 0.717) is 0 Å². The normalized spacial score (nSPS) is 10.3. The Morgan fingerprint density at radius 2 is 1.80 bits per heavy atom. The molecule has 2 heteroatoms. The van der Waals surface area contributed by atoms with Crippen LogP contribution >= 0.6 is 0 Å². The van der Waals surface area contributed by atoms with Crippen molar-refractivity contribution in [3.8, 4) is 0 Å². The highest BCUT2D eigenvalue weighted by Crippen LogP contribution is 2.14. The smallest absolute Gasteiger partial charge is 0.108 e. The van der Waals surface area contributed by atoms with E-state index < -0.39 is 0 Å². The number of furan rings is 1. The average molecular weight is 201 g/mol. The maximum atomic E-state index is 5.53. The molecule has 0 saturated heterocycles. The second-order valence-corrected chi connectivity index (χ2v) is 3.64. The van der Waals surface area contributed by atoms with Gasteiger partial charge in [-0.3, -0.25) is 0 Å². The van der Waals surface area contributed by atoms with Crippen molar-refractivity contribution in [3.05, 3.63) is 53.5 Å². The van der Waals surface area contributed by atoms with Crippen LogP contribution in [0.2, 0.25) is 0 Å². The molecule has 1 N–H and O–H groups in total. The third kappa shape index (κ3) is 2.40. The number of hydrogen-bond donors (Lipinski definition) is 1. The van der Waals surface area contributed by atoms with E-state index in [-0.39, 0.29) is 0 Å². The molecule has 0 atom stereocenters. The Morgan fingerprint density at radius 1 is 1.07 bits per heavy atom. The summed E-state index contributed by atoms with van der Waals surface area (Å²) < 4.78 is 5.53. The first-order valence-electron chi connectivity index (χ1n) is 5.10. The van der Waals surface area contributed by atoms with Crippen LogP contribution in [-0.4, -0.2) is 7.05 Å². The molecule has 2 rings (SSSR count). The summed E-state index contributed by atoms with van der Waals surface area (Å²) in [6, 6.07) is 12.4. The van der Waals surface area contributed by atoms with Crippen molar-refractivity contribution < 1.29 is 4.42 Å². The summed E-state index contributed by atoms with van der Waals surface area (Å²) in [5.74, 6) is 1.99. The lowest BCUT2D eigenvalue weighted by atomic mass is 10.1. The Balaban J connectivity index is 2.11. The number of benzene rings is 1. The lowest BCUT2D eigenvalue weighted by Gasteiger charge is -2.01. The average Bonchev–Trinajstić information content (AvgIpc) is 2.65. The molecule has 0 amide bonds. The number of anilines is 1. The first kappa shape index (κ1) is 9.84. The Hall–Kier alpha value is -1.70. The van der Waals surface area contributed by atoms with Gasteiger partial charge >= 0.3 is 0 Å². The maximum absolute atomic E-state index is 5.53. The minimum Gasteiger partial charge on any atom is -0.466 e. The zero-order chi connectivity index (χ0) is 10.7. The highest BCUT2D eigenvalue weighted by molar-refractivity contribution is 5.44. The molecular weight excluding hydrogens is 186 g/mol. The summed E-state index contributed by atoms with van der Waals surface area (Å²) in [5, 5.41) is 3.10. The summed E-state index contributed by atoms with van der Waals surface area (Å²) in [6.07, 6.45) is 0.859. The van der Waals surface area contributed by atoms with Crippen molar-refractivity contribution >= 4 is 5.69 Å². The first-order valence-corrected chi connectivity index (χ1v) is 5.10. The zero-order valence-corrected chi connectivity index (χ0v) is 9.08. The lowest BCUT2D eigenvalue weighted by Crippen LogP contribution is -1.89. The predicted molar refractivity (Wildman–Crippen MR) is 62.2 cm³/mol. The minimum atomic E-state index is 0.859. The monoisotopic (exact) mass is 201 g/mol. The van der Waals surface area contributed by atoms with Gasteiger partial charge in [0.1, 0.15) is 11.5 Å².